The van der Waals surface area contributed by atoms with Gasteiger partial charge in [-0.15, -0.1) is 0 Å². The van der Waals surface area contributed by atoms with Crippen LogP contribution in [0.2, 0.25) is 0 Å². The highest BCUT2D eigenvalue weighted by Gasteiger charge is 2.64. The van der Waals surface area contributed by atoms with Crippen molar-refractivity contribution in [3.05, 3.63) is 58.4 Å². The number of aromatic hydroxyl groups is 1. The molecule has 1 amide bonds. The average molecular weight is 535 g/mol. The quantitative estimate of drug-likeness (QED) is 0.361. The molecule has 39 heavy (non-hydrogen) atoms. The second-order valence-electron chi connectivity index (χ2n) is 10.5. The van der Waals surface area contributed by atoms with Crippen LogP contribution >= 0.6 is 0 Å². The molecule has 0 aromatic heterocycles. The molecule has 4 atom stereocenters. The fraction of sp³-hybridized carbons (Fsp3) is 0.321. The third-order valence-electron chi connectivity index (χ3n) is 8.29. The van der Waals surface area contributed by atoms with E-state index in [1.165, 1.54) is 11.0 Å². The van der Waals surface area contributed by atoms with Crippen molar-refractivity contribution in [2.75, 3.05) is 20.9 Å². The summed E-state index contributed by atoms with van der Waals surface area (Å²) < 4.78 is 10.9. The normalized spacial score (nSPS) is 27.4. The topological polar surface area (TPSA) is 180 Å². The molecule has 0 bridgehead atoms. The number of benzene rings is 2. The van der Waals surface area contributed by atoms with Crippen molar-refractivity contribution in [3.63, 3.8) is 0 Å². The van der Waals surface area contributed by atoms with Gasteiger partial charge in [0.1, 0.15) is 22.8 Å². The number of phenols is 1. The zero-order valence-corrected chi connectivity index (χ0v) is 21.1. The fourth-order valence-electron chi connectivity index (χ4n) is 6.58. The number of phenolic OH excluding ortho intramolecular Hbond substituents is 1. The maximum Gasteiger partial charge on any atom is 0.255 e. The summed E-state index contributed by atoms with van der Waals surface area (Å²) in [4.78, 5) is 40.7. The van der Waals surface area contributed by atoms with Crippen LogP contribution in [0, 0.1) is 11.8 Å². The van der Waals surface area contributed by atoms with Crippen LogP contribution in [-0.4, -0.2) is 75.3 Å². The first kappa shape index (κ1) is 25.0. The number of Topliss-reactive ketones (excluding diaryl/α,β-unsaturated/α-hetero) is 2. The SMILES string of the molecule is CN(C)[C@H]1C(=O)C(C(N)=O)=C(O)[C@]2(O)C(=O)C3=C(O)c4c(O)ccc(-c5ccc6c(c5)OCO6)c4C[C@H]3C[C@@H]12. The molecule has 1 aliphatic heterocycles. The number of ketones is 2. The van der Waals surface area contributed by atoms with Gasteiger partial charge in [-0.3, -0.25) is 19.3 Å². The van der Waals surface area contributed by atoms with E-state index in [1.807, 2.05) is 6.07 Å². The van der Waals surface area contributed by atoms with Gasteiger partial charge in [0.2, 0.25) is 12.6 Å². The Hall–Kier alpha value is -4.35. The number of aliphatic hydroxyl groups excluding tert-OH is 2. The molecule has 1 fully saturated rings. The minimum absolute atomic E-state index is 0.0159. The van der Waals surface area contributed by atoms with Crippen molar-refractivity contribution >= 4 is 23.2 Å². The number of fused-ring (bicyclic) bond motifs is 4. The smallest absolute Gasteiger partial charge is 0.255 e. The predicted octanol–water partition coefficient (Wildman–Crippen LogP) is 1.36. The second kappa shape index (κ2) is 8.32. The molecule has 11 nitrogen and oxygen atoms in total. The number of ether oxygens (including phenoxy) is 2. The van der Waals surface area contributed by atoms with E-state index in [1.54, 1.807) is 32.3 Å². The van der Waals surface area contributed by atoms with Gasteiger partial charge in [0.05, 0.1) is 11.6 Å². The molecule has 1 heterocycles. The summed E-state index contributed by atoms with van der Waals surface area (Å²) >= 11 is 0. The number of hydrogen-bond acceptors (Lipinski definition) is 10. The van der Waals surface area contributed by atoms with Gasteiger partial charge in [0.25, 0.3) is 5.91 Å². The summed E-state index contributed by atoms with van der Waals surface area (Å²) in [5, 5.41) is 44.8. The van der Waals surface area contributed by atoms with E-state index in [-0.39, 0.29) is 36.5 Å². The minimum atomic E-state index is -2.67. The van der Waals surface area contributed by atoms with E-state index in [0.29, 0.717) is 22.6 Å². The fourth-order valence-corrected chi connectivity index (χ4v) is 6.58. The highest BCUT2D eigenvalue weighted by molar-refractivity contribution is 6.24. The highest BCUT2D eigenvalue weighted by Crippen LogP contribution is 2.54. The van der Waals surface area contributed by atoms with E-state index < -0.39 is 58.0 Å². The summed E-state index contributed by atoms with van der Waals surface area (Å²) in [6.07, 6.45) is 0.203. The van der Waals surface area contributed by atoms with Crippen molar-refractivity contribution in [1.82, 2.24) is 4.90 Å². The van der Waals surface area contributed by atoms with Crippen molar-refractivity contribution in [2.45, 2.75) is 24.5 Å². The molecule has 0 spiro atoms. The monoisotopic (exact) mass is 534 g/mol. The minimum Gasteiger partial charge on any atom is -0.508 e. The molecular weight excluding hydrogens is 508 g/mol. The largest absolute Gasteiger partial charge is 0.508 e. The molecule has 1 saturated carbocycles. The Labute approximate surface area is 222 Å². The lowest BCUT2D eigenvalue weighted by atomic mass is 9.57. The molecule has 3 aliphatic carbocycles. The predicted molar refractivity (Wildman–Crippen MR) is 136 cm³/mol. The highest BCUT2D eigenvalue weighted by atomic mass is 16.7. The average Bonchev–Trinajstić information content (AvgIpc) is 3.34. The standard InChI is InChI=1S/C28H26N2O9/c1-30(2)22-15-8-12-7-14-13(11-3-6-17-18(9-11)39-10-38-17)4-5-16(31)20(14)23(32)19(12)25(34)28(15,37)26(35)21(24(22)33)27(29)36/h3-6,9,12,15,22,31-32,35,37H,7-8,10H2,1-2H3,(H2,29,36)/t12-,15-,22+,28+/m0/s1. The molecule has 0 saturated heterocycles. The van der Waals surface area contributed by atoms with E-state index in [2.05, 4.69) is 0 Å². The third kappa shape index (κ3) is 3.26. The van der Waals surface area contributed by atoms with E-state index >= 15 is 0 Å². The van der Waals surface area contributed by atoms with Crippen LogP contribution in [0.25, 0.3) is 16.9 Å². The zero-order chi connectivity index (χ0) is 28.0. The molecule has 202 valence electrons. The van der Waals surface area contributed by atoms with Crippen LogP contribution in [0.5, 0.6) is 17.2 Å². The Kier molecular flexibility index (Phi) is 5.33. The van der Waals surface area contributed by atoms with Crippen LogP contribution in [0.3, 0.4) is 0 Å². The summed E-state index contributed by atoms with van der Waals surface area (Å²) in [5.74, 6) is -5.70. The third-order valence-corrected chi connectivity index (χ3v) is 8.29. The number of amides is 1. The molecule has 2 aromatic carbocycles. The number of aliphatic hydroxyl groups is 3. The first-order valence-electron chi connectivity index (χ1n) is 12.4. The Balaban J connectivity index is 1.54. The molecule has 0 unspecified atom stereocenters. The van der Waals surface area contributed by atoms with Crippen molar-refractivity contribution in [1.29, 1.82) is 0 Å². The Morgan fingerprint density at radius 2 is 1.79 bits per heavy atom. The number of nitrogens with two attached hydrogens (primary N) is 1. The molecule has 6 rings (SSSR count). The number of primary amides is 1. The Morgan fingerprint density at radius 1 is 1.08 bits per heavy atom. The molecular formula is C28H26N2O9. The lowest BCUT2D eigenvalue weighted by Gasteiger charge is -2.50. The lowest BCUT2D eigenvalue weighted by molar-refractivity contribution is -0.153. The molecule has 4 aliphatic rings. The second-order valence-corrected chi connectivity index (χ2v) is 10.5. The maximum atomic E-state index is 13.9. The van der Waals surface area contributed by atoms with Gasteiger partial charge in [-0.1, -0.05) is 12.1 Å². The molecule has 11 heteroatoms. The van der Waals surface area contributed by atoms with Crippen LogP contribution in [0.1, 0.15) is 17.5 Å². The number of nitrogens with zero attached hydrogens (tertiary/aromatic N) is 1. The van der Waals surface area contributed by atoms with E-state index in [0.717, 1.165) is 5.56 Å². The zero-order valence-electron chi connectivity index (χ0n) is 21.1. The van der Waals surface area contributed by atoms with Gasteiger partial charge in [0, 0.05) is 11.5 Å². The first-order chi connectivity index (χ1) is 18.5. The Bertz CT molecular complexity index is 1560. The molecule has 6 N–H and O–H groups in total. The van der Waals surface area contributed by atoms with Crippen molar-refractivity contribution in [3.8, 4) is 28.4 Å². The number of carbonyl (C=O) groups is 3. The van der Waals surface area contributed by atoms with Gasteiger partial charge in [0.15, 0.2) is 22.9 Å². The van der Waals surface area contributed by atoms with Gasteiger partial charge in [-0.05, 0) is 67.7 Å². The first-order valence-corrected chi connectivity index (χ1v) is 12.4. The van der Waals surface area contributed by atoms with Gasteiger partial charge < -0.3 is 35.6 Å². The van der Waals surface area contributed by atoms with Crippen LogP contribution < -0.4 is 15.2 Å². The number of likely N-dealkylation sites (N-methyl/N-ethyl adjacent to an activating group) is 1. The Morgan fingerprint density at radius 3 is 2.49 bits per heavy atom. The van der Waals surface area contributed by atoms with E-state index in [4.69, 9.17) is 15.2 Å². The summed E-state index contributed by atoms with van der Waals surface area (Å²) in [5.41, 5.74) is 3.66. The van der Waals surface area contributed by atoms with Crippen LogP contribution in [-0.2, 0) is 20.8 Å². The summed E-state index contributed by atoms with van der Waals surface area (Å²) in [6, 6.07) is 7.31. The van der Waals surface area contributed by atoms with Gasteiger partial charge >= 0.3 is 0 Å². The summed E-state index contributed by atoms with van der Waals surface area (Å²) in [6.45, 7) is 0.0956. The maximum absolute atomic E-state index is 13.9. The van der Waals surface area contributed by atoms with E-state index in [9.17, 15) is 34.8 Å². The number of hydrogen-bond donors (Lipinski definition) is 5. The van der Waals surface area contributed by atoms with Gasteiger partial charge in [-0.2, -0.15) is 0 Å². The van der Waals surface area contributed by atoms with Crippen molar-refractivity contribution < 1.29 is 44.3 Å². The van der Waals surface area contributed by atoms with Crippen LogP contribution in [0.4, 0.5) is 0 Å². The number of carbonyl (C=O) groups excluding carboxylic acids is 3. The van der Waals surface area contributed by atoms with Crippen LogP contribution in [0.15, 0.2) is 47.2 Å². The molecule has 0 radical (unpaired) electrons. The lowest BCUT2D eigenvalue weighted by Crippen LogP contribution is -2.65. The van der Waals surface area contributed by atoms with Crippen molar-refractivity contribution in [2.24, 2.45) is 17.6 Å². The summed E-state index contributed by atoms with van der Waals surface area (Å²) in [7, 11) is 3.12. The number of rotatable bonds is 3. The molecule has 2 aromatic rings. The van der Waals surface area contributed by atoms with Gasteiger partial charge in [-0.25, -0.2) is 0 Å².